The number of carbonyl (C=O) groups is 2. The normalized spacial score (nSPS) is 10.0. The quantitative estimate of drug-likeness (QED) is 0.846. The van der Waals surface area contributed by atoms with Crippen LogP contribution in [0.25, 0.3) is 0 Å². The molecule has 0 unspecified atom stereocenters. The second-order valence-electron chi connectivity index (χ2n) is 4.03. The van der Waals surface area contributed by atoms with Crippen molar-refractivity contribution in [2.45, 2.75) is 6.54 Å². The number of primary amides is 1. The van der Waals surface area contributed by atoms with Gasteiger partial charge in [-0.1, -0.05) is 6.07 Å². The van der Waals surface area contributed by atoms with Crippen LogP contribution in [-0.4, -0.2) is 18.4 Å². The monoisotopic (exact) mass is 290 g/mol. The summed E-state index contributed by atoms with van der Waals surface area (Å²) in [6.07, 6.45) is 0. The topological polar surface area (TPSA) is 81.4 Å². The fraction of sp³-hybridized carbons (Fsp3) is 0.143. The van der Waals surface area contributed by atoms with Crippen LogP contribution in [0.1, 0.15) is 15.2 Å². The van der Waals surface area contributed by atoms with Crippen molar-refractivity contribution in [1.29, 1.82) is 0 Å². The van der Waals surface area contributed by atoms with E-state index in [0.29, 0.717) is 17.9 Å². The second-order valence-corrected chi connectivity index (χ2v) is 5.07. The summed E-state index contributed by atoms with van der Waals surface area (Å²) in [6.45, 7) is 0.432. The number of ether oxygens (including phenoxy) is 1. The number of nitrogens with one attached hydrogen (secondary N) is 1. The van der Waals surface area contributed by atoms with Gasteiger partial charge in [0.15, 0.2) is 6.61 Å². The van der Waals surface area contributed by atoms with E-state index in [-0.39, 0.29) is 12.5 Å². The maximum absolute atomic E-state index is 11.6. The van der Waals surface area contributed by atoms with Crippen LogP contribution in [0.4, 0.5) is 0 Å². The van der Waals surface area contributed by atoms with E-state index in [1.165, 1.54) is 0 Å². The van der Waals surface area contributed by atoms with Crippen LogP contribution in [0.5, 0.6) is 5.75 Å². The van der Waals surface area contributed by atoms with Crippen LogP contribution in [0.15, 0.2) is 41.8 Å². The highest BCUT2D eigenvalue weighted by atomic mass is 32.1. The zero-order chi connectivity index (χ0) is 14.4. The van der Waals surface area contributed by atoms with Gasteiger partial charge in [0, 0.05) is 10.4 Å². The molecule has 6 heteroatoms. The largest absolute Gasteiger partial charge is 0.484 e. The minimum absolute atomic E-state index is 0.0682. The zero-order valence-electron chi connectivity index (χ0n) is 10.7. The summed E-state index contributed by atoms with van der Waals surface area (Å²) < 4.78 is 5.31. The molecule has 0 radical (unpaired) electrons. The standard InChI is InChI=1S/C14H14N2O3S/c15-14(18)10-3-5-11(6-4-10)19-9-13(17)16-8-12-2-1-7-20-12/h1-7H,8-9H2,(H2,15,18)(H,16,17). The van der Waals surface area contributed by atoms with Gasteiger partial charge in [-0.2, -0.15) is 0 Å². The summed E-state index contributed by atoms with van der Waals surface area (Å²) in [7, 11) is 0. The predicted molar refractivity (Wildman–Crippen MR) is 76.6 cm³/mol. The third-order valence-electron chi connectivity index (χ3n) is 2.55. The summed E-state index contributed by atoms with van der Waals surface area (Å²) in [5.41, 5.74) is 5.53. The van der Waals surface area contributed by atoms with Gasteiger partial charge in [-0.25, -0.2) is 0 Å². The first-order chi connectivity index (χ1) is 9.65. The molecule has 2 amide bonds. The molecule has 3 N–H and O–H groups in total. The van der Waals surface area contributed by atoms with Gasteiger partial charge in [-0.05, 0) is 35.7 Å². The van der Waals surface area contributed by atoms with E-state index in [1.54, 1.807) is 35.6 Å². The van der Waals surface area contributed by atoms with Crippen molar-refractivity contribution in [3.05, 3.63) is 52.2 Å². The highest BCUT2D eigenvalue weighted by Crippen LogP contribution is 2.11. The van der Waals surface area contributed by atoms with E-state index in [0.717, 1.165) is 4.88 Å². The molecule has 0 aliphatic heterocycles. The first-order valence-electron chi connectivity index (χ1n) is 5.97. The van der Waals surface area contributed by atoms with Crippen LogP contribution >= 0.6 is 11.3 Å². The Morgan fingerprint density at radius 3 is 2.55 bits per heavy atom. The summed E-state index contributed by atoms with van der Waals surface area (Å²) in [6, 6.07) is 10.2. The van der Waals surface area contributed by atoms with Gasteiger partial charge in [0.05, 0.1) is 6.54 Å². The Kier molecular flexibility index (Phi) is 4.73. The van der Waals surface area contributed by atoms with Gasteiger partial charge in [0.2, 0.25) is 5.91 Å². The molecule has 0 spiro atoms. The van der Waals surface area contributed by atoms with E-state index < -0.39 is 5.91 Å². The van der Waals surface area contributed by atoms with Crippen molar-refractivity contribution in [2.75, 3.05) is 6.61 Å². The molecule has 0 bridgehead atoms. The van der Waals surface area contributed by atoms with E-state index in [9.17, 15) is 9.59 Å². The summed E-state index contributed by atoms with van der Waals surface area (Å²) in [5, 5.41) is 4.71. The first kappa shape index (κ1) is 14.1. The van der Waals surface area contributed by atoms with E-state index in [1.807, 2.05) is 17.5 Å². The number of rotatable bonds is 6. The molecule has 1 heterocycles. The number of nitrogens with two attached hydrogens (primary N) is 1. The molecular formula is C14H14N2O3S. The SMILES string of the molecule is NC(=O)c1ccc(OCC(=O)NCc2cccs2)cc1. The molecule has 0 saturated carbocycles. The molecule has 0 atom stereocenters. The Morgan fingerprint density at radius 1 is 1.20 bits per heavy atom. The van der Waals surface area contributed by atoms with Gasteiger partial charge >= 0.3 is 0 Å². The minimum atomic E-state index is -0.495. The van der Waals surface area contributed by atoms with Crippen LogP contribution in [0.2, 0.25) is 0 Å². The smallest absolute Gasteiger partial charge is 0.258 e. The Morgan fingerprint density at radius 2 is 1.95 bits per heavy atom. The molecule has 0 aliphatic rings. The van der Waals surface area contributed by atoms with Crippen molar-refractivity contribution < 1.29 is 14.3 Å². The molecule has 1 aromatic carbocycles. The molecule has 0 fully saturated rings. The molecular weight excluding hydrogens is 276 g/mol. The Hall–Kier alpha value is -2.34. The molecule has 2 rings (SSSR count). The lowest BCUT2D eigenvalue weighted by molar-refractivity contribution is -0.123. The third-order valence-corrected chi connectivity index (χ3v) is 3.43. The lowest BCUT2D eigenvalue weighted by atomic mass is 10.2. The molecule has 0 saturated heterocycles. The highest BCUT2D eigenvalue weighted by molar-refractivity contribution is 7.09. The first-order valence-corrected chi connectivity index (χ1v) is 6.85. The average molecular weight is 290 g/mol. The molecule has 2 aromatic rings. The van der Waals surface area contributed by atoms with Gasteiger partial charge in [0.25, 0.3) is 5.91 Å². The van der Waals surface area contributed by atoms with E-state index in [4.69, 9.17) is 10.5 Å². The van der Waals surface area contributed by atoms with Gasteiger partial charge in [0.1, 0.15) is 5.75 Å². The fourth-order valence-electron chi connectivity index (χ4n) is 1.51. The van der Waals surface area contributed by atoms with Gasteiger partial charge in [-0.3, -0.25) is 9.59 Å². The second kappa shape index (κ2) is 6.72. The predicted octanol–water partition coefficient (Wildman–Crippen LogP) is 1.54. The lowest BCUT2D eigenvalue weighted by Crippen LogP contribution is -2.28. The third kappa shape index (κ3) is 4.10. The molecule has 5 nitrogen and oxygen atoms in total. The van der Waals surface area contributed by atoms with Crippen LogP contribution in [-0.2, 0) is 11.3 Å². The Balaban J connectivity index is 1.76. The number of benzene rings is 1. The zero-order valence-corrected chi connectivity index (χ0v) is 11.5. The summed E-state index contributed by atoms with van der Waals surface area (Å²) in [5.74, 6) is -0.177. The Bertz CT molecular complexity index is 579. The van der Waals surface area contributed by atoms with Crippen molar-refractivity contribution in [1.82, 2.24) is 5.32 Å². The van der Waals surface area contributed by atoms with E-state index >= 15 is 0 Å². The number of carbonyl (C=O) groups excluding carboxylic acids is 2. The molecule has 20 heavy (non-hydrogen) atoms. The fourth-order valence-corrected chi connectivity index (χ4v) is 2.16. The minimum Gasteiger partial charge on any atom is -0.484 e. The van der Waals surface area contributed by atoms with Gasteiger partial charge < -0.3 is 15.8 Å². The maximum Gasteiger partial charge on any atom is 0.258 e. The van der Waals surface area contributed by atoms with Crippen molar-refractivity contribution >= 4 is 23.2 Å². The number of hydrogen-bond donors (Lipinski definition) is 2. The number of amides is 2. The van der Waals surface area contributed by atoms with Crippen molar-refractivity contribution in [3.8, 4) is 5.75 Å². The highest BCUT2D eigenvalue weighted by Gasteiger charge is 2.04. The summed E-state index contributed by atoms with van der Waals surface area (Å²) >= 11 is 1.58. The van der Waals surface area contributed by atoms with Gasteiger partial charge in [-0.15, -0.1) is 11.3 Å². The lowest BCUT2D eigenvalue weighted by Gasteiger charge is -2.07. The molecule has 0 aliphatic carbocycles. The van der Waals surface area contributed by atoms with Crippen molar-refractivity contribution in [2.24, 2.45) is 5.73 Å². The number of thiophene rings is 1. The number of hydrogen-bond acceptors (Lipinski definition) is 4. The van der Waals surface area contributed by atoms with Crippen LogP contribution in [0.3, 0.4) is 0 Å². The van der Waals surface area contributed by atoms with E-state index in [2.05, 4.69) is 5.32 Å². The molecule has 104 valence electrons. The Labute approximate surface area is 120 Å². The summed E-state index contributed by atoms with van der Waals surface area (Å²) in [4.78, 5) is 23.6. The maximum atomic E-state index is 11.6. The average Bonchev–Trinajstić information content (AvgIpc) is 2.96. The van der Waals surface area contributed by atoms with Crippen LogP contribution < -0.4 is 15.8 Å². The van der Waals surface area contributed by atoms with Crippen molar-refractivity contribution in [3.63, 3.8) is 0 Å². The van der Waals surface area contributed by atoms with Crippen LogP contribution in [0, 0.1) is 0 Å². The molecule has 1 aromatic heterocycles.